The molecule has 0 atom stereocenters. The summed E-state index contributed by atoms with van der Waals surface area (Å²) in [6, 6.07) is 7.17. The van der Waals surface area contributed by atoms with E-state index in [-0.39, 0.29) is 4.32 Å². The molecule has 140 valence electrons. The smallest absolute Gasteiger partial charge is 0.266 e. The minimum absolute atomic E-state index is 0.199. The minimum atomic E-state index is -1.36. The fraction of sp³-hybridized carbons (Fsp3) is 0.167. The van der Waals surface area contributed by atoms with Gasteiger partial charge < -0.3 is 14.5 Å². The lowest BCUT2D eigenvalue weighted by atomic mass is 10.2. The van der Waals surface area contributed by atoms with Crippen LogP contribution < -0.4 is 5.11 Å². The Morgan fingerprint density at radius 3 is 2.63 bits per heavy atom. The zero-order valence-electron chi connectivity index (χ0n) is 14.3. The Hall–Kier alpha value is -1.80. The molecule has 27 heavy (non-hydrogen) atoms. The van der Waals surface area contributed by atoms with Crippen LogP contribution in [-0.2, 0) is 9.59 Å². The number of halogens is 2. The molecular formula is C18H13Cl2N2O3S2-. The fourth-order valence-electron chi connectivity index (χ4n) is 2.87. The number of thiocarbonyl (C=S) groups is 1. The van der Waals surface area contributed by atoms with Crippen LogP contribution in [-0.4, -0.2) is 32.2 Å². The molecule has 0 saturated carbocycles. The second kappa shape index (κ2) is 7.67. The van der Waals surface area contributed by atoms with Gasteiger partial charge in [-0.05, 0) is 49.8 Å². The molecule has 2 aromatic rings. The van der Waals surface area contributed by atoms with Gasteiger partial charge in [0.15, 0.2) is 0 Å². The summed E-state index contributed by atoms with van der Waals surface area (Å²) in [6.45, 7) is 3.28. The fourth-order valence-corrected chi connectivity index (χ4v) is 4.61. The summed E-state index contributed by atoms with van der Waals surface area (Å²) in [6.07, 6.45) is 1.71. The summed E-state index contributed by atoms with van der Waals surface area (Å²) in [5, 5.41) is 11.9. The van der Waals surface area contributed by atoms with Crippen LogP contribution in [0.25, 0.3) is 11.8 Å². The Morgan fingerprint density at radius 2 is 2.00 bits per heavy atom. The lowest BCUT2D eigenvalue weighted by Gasteiger charge is -2.14. The number of rotatable bonds is 4. The number of thioether (sulfide) groups is 1. The molecule has 3 rings (SSSR count). The number of nitrogens with zero attached hydrogens (tertiary/aromatic N) is 2. The van der Waals surface area contributed by atoms with Crippen LogP contribution in [0.4, 0.5) is 0 Å². The van der Waals surface area contributed by atoms with E-state index in [4.69, 9.17) is 35.4 Å². The molecule has 0 radical (unpaired) electrons. The molecule has 1 aromatic heterocycles. The Labute approximate surface area is 175 Å². The number of carbonyl (C=O) groups is 2. The van der Waals surface area contributed by atoms with Gasteiger partial charge in [0, 0.05) is 16.4 Å². The average molecular weight is 440 g/mol. The van der Waals surface area contributed by atoms with Crippen molar-refractivity contribution in [1.29, 1.82) is 0 Å². The van der Waals surface area contributed by atoms with E-state index in [0.717, 1.165) is 39.3 Å². The maximum absolute atomic E-state index is 12.4. The van der Waals surface area contributed by atoms with Gasteiger partial charge in [-0.2, -0.15) is 0 Å². The summed E-state index contributed by atoms with van der Waals surface area (Å²) in [7, 11) is 0. The third kappa shape index (κ3) is 3.91. The molecule has 1 aromatic carbocycles. The van der Waals surface area contributed by atoms with Crippen molar-refractivity contribution in [2.75, 3.05) is 6.54 Å². The second-order valence-corrected chi connectivity index (χ2v) is 8.42. The van der Waals surface area contributed by atoms with Crippen LogP contribution in [0.15, 0.2) is 29.2 Å². The molecule has 1 fully saturated rings. The average Bonchev–Trinajstić information content (AvgIpc) is 2.99. The van der Waals surface area contributed by atoms with Crippen LogP contribution in [0.2, 0.25) is 10.0 Å². The van der Waals surface area contributed by atoms with E-state index in [1.807, 2.05) is 30.5 Å². The van der Waals surface area contributed by atoms with E-state index in [1.165, 1.54) is 0 Å². The summed E-state index contributed by atoms with van der Waals surface area (Å²) in [5.41, 5.74) is 3.39. The van der Waals surface area contributed by atoms with Crippen molar-refractivity contribution >= 4 is 69.5 Å². The van der Waals surface area contributed by atoms with Crippen molar-refractivity contribution in [3.63, 3.8) is 0 Å². The summed E-state index contributed by atoms with van der Waals surface area (Å²) in [5.74, 6) is -1.80. The van der Waals surface area contributed by atoms with E-state index >= 15 is 0 Å². The maximum atomic E-state index is 12.4. The topological polar surface area (TPSA) is 65.4 Å². The normalized spacial score (nSPS) is 15.9. The highest BCUT2D eigenvalue weighted by molar-refractivity contribution is 8.26. The van der Waals surface area contributed by atoms with Crippen molar-refractivity contribution in [3.8, 4) is 5.69 Å². The molecule has 0 N–H and O–H groups in total. The van der Waals surface area contributed by atoms with Gasteiger partial charge in [-0.15, -0.1) is 0 Å². The lowest BCUT2D eigenvalue weighted by molar-refractivity contribution is -0.305. The van der Waals surface area contributed by atoms with Crippen LogP contribution >= 0.6 is 47.2 Å². The standard InChI is InChI=1S/C18H14Cl2N2O3S2/c1-9-5-11(6-15-17(25)21(8-16(23)24)18(26)27-15)10(2)22(9)14-4-3-12(19)7-13(14)20/h3-7H,8H2,1-2H3,(H,23,24)/p-1/b15-6+. The van der Waals surface area contributed by atoms with Crippen LogP contribution in [0.3, 0.4) is 0 Å². The quantitative estimate of drug-likeness (QED) is 0.539. The van der Waals surface area contributed by atoms with Gasteiger partial charge in [-0.1, -0.05) is 47.2 Å². The van der Waals surface area contributed by atoms with E-state index in [0.29, 0.717) is 15.0 Å². The minimum Gasteiger partial charge on any atom is -0.548 e. The first kappa shape index (κ1) is 19.9. The first-order valence-corrected chi connectivity index (χ1v) is 9.76. The first-order chi connectivity index (χ1) is 12.7. The van der Waals surface area contributed by atoms with Crippen LogP contribution in [0, 0.1) is 13.8 Å². The van der Waals surface area contributed by atoms with E-state index in [2.05, 4.69) is 0 Å². The first-order valence-electron chi connectivity index (χ1n) is 7.78. The van der Waals surface area contributed by atoms with Crippen molar-refractivity contribution in [3.05, 3.63) is 56.2 Å². The number of carbonyl (C=O) groups excluding carboxylic acids is 2. The lowest BCUT2D eigenvalue weighted by Crippen LogP contribution is -2.40. The zero-order valence-corrected chi connectivity index (χ0v) is 17.4. The molecule has 0 spiro atoms. The van der Waals surface area contributed by atoms with Gasteiger partial charge in [0.25, 0.3) is 5.91 Å². The molecule has 0 aliphatic carbocycles. The largest absolute Gasteiger partial charge is 0.548 e. The Balaban J connectivity index is 2.00. The Bertz CT molecular complexity index is 1010. The predicted molar refractivity (Wildman–Crippen MR) is 110 cm³/mol. The molecular weight excluding hydrogens is 427 g/mol. The molecule has 1 saturated heterocycles. The number of benzene rings is 1. The summed E-state index contributed by atoms with van der Waals surface area (Å²) >= 11 is 18.5. The molecule has 1 aliphatic heterocycles. The highest BCUT2D eigenvalue weighted by Gasteiger charge is 2.32. The molecule has 0 bridgehead atoms. The second-order valence-electron chi connectivity index (χ2n) is 5.90. The molecule has 2 heterocycles. The number of aromatic nitrogens is 1. The molecule has 0 unspecified atom stereocenters. The third-order valence-corrected chi connectivity index (χ3v) is 5.98. The number of aliphatic carboxylic acids is 1. The SMILES string of the molecule is Cc1cc(/C=C2/SC(=S)N(CC(=O)[O-])C2=O)c(C)n1-c1ccc(Cl)cc1Cl. The summed E-state index contributed by atoms with van der Waals surface area (Å²) < 4.78 is 2.16. The van der Waals surface area contributed by atoms with E-state index < -0.39 is 18.4 Å². The van der Waals surface area contributed by atoms with Crippen LogP contribution in [0.1, 0.15) is 17.0 Å². The van der Waals surface area contributed by atoms with Crippen molar-refractivity contribution in [2.24, 2.45) is 0 Å². The number of hydrogen-bond donors (Lipinski definition) is 0. The predicted octanol–water partition coefficient (Wildman–Crippen LogP) is 3.35. The van der Waals surface area contributed by atoms with Gasteiger partial charge in [-0.25, -0.2) is 0 Å². The zero-order chi connectivity index (χ0) is 19.9. The van der Waals surface area contributed by atoms with Crippen molar-refractivity contribution < 1.29 is 14.7 Å². The molecule has 9 heteroatoms. The van der Waals surface area contributed by atoms with Gasteiger partial charge in [-0.3, -0.25) is 9.69 Å². The summed E-state index contributed by atoms with van der Waals surface area (Å²) in [4.78, 5) is 24.6. The highest BCUT2D eigenvalue weighted by Crippen LogP contribution is 2.34. The molecule has 1 amide bonds. The van der Waals surface area contributed by atoms with Crippen molar-refractivity contribution in [1.82, 2.24) is 9.47 Å². The van der Waals surface area contributed by atoms with Gasteiger partial charge >= 0.3 is 0 Å². The van der Waals surface area contributed by atoms with E-state index in [1.54, 1.807) is 18.2 Å². The Kier molecular flexibility index (Phi) is 5.67. The highest BCUT2D eigenvalue weighted by atomic mass is 35.5. The van der Waals surface area contributed by atoms with Crippen molar-refractivity contribution in [2.45, 2.75) is 13.8 Å². The van der Waals surface area contributed by atoms with Gasteiger partial charge in [0.2, 0.25) is 0 Å². The van der Waals surface area contributed by atoms with E-state index in [9.17, 15) is 14.7 Å². The van der Waals surface area contributed by atoms with Crippen LogP contribution in [0.5, 0.6) is 0 Å². The number of hydrogen-bond acceptors (Lipinski definition) is 5. The number of amides is 1. The third-order valence-electron chi connectivity index (χ3n) is 4.07. The van der Waals surface area contributed by atoms with Gasteiger partial charge in [0.05, 0.1) is 28.1 Å². The number of carboxylic acids is 1. The van der Waals surface area contributed by atoms with Gasteiger partial charge in [0.1, 0.15) is 4.32 Å². The molecule has 5 nitrogen and oxygen atoms in total. The molecule has 1 aliphatic rings. The maximum Gasteiger partial charge on any atom is 0.266 e. The number of carboxylic acid groups (broad SMARTS) is 1. The Morgan fingerprint density at radius 1 is 1.30 bits per heavy atom. The monoisotopic (exact) mass is 439 g/mol. The number of aryl methyl sites for hydroxylation is 1.